The van der Waals surface area contributed by atoms with E-state index in [1.807, 2.05) is 6.07 Å². The summed E-state index contributed by atoms with van der Waals surface area (Å²) in [5.74, 6) is 0.210. The van der Waals surface area contributed by atoms with Gasteiger partial charge in [0.2, 0.25) is 5.91 Å². The van der Waals surface area contributed by atoms with Gasteiger partial charge in [0.05, 0.1) is 17.4 Å². The van der Waals surface area contributed by atoms with E-state index in [4.69, 9.17) is 16.9 Å². The topological polar surface area (TPSA) is 52.9 Å². The lowest BCUT2D eigenvalue weighted by Gasteiger charge is -2.06. The highest BCUT2D eigenvalue weighted by Gasteiger charge is 2.06. The minimum Gasteiger partial charge on any atom is -0.325 e. The Morgan fingerprint density at radius 1 is 1.32 bits per heavy atom. The Morgan fingerprint density at radius 2 is 2.14 bits per heavy atom. The lowest BCUT2D eigenvalue weighted by molar-refractivity contribution is -0.113. The van der Waals surface area contributed by atoms with Gasteiger partial charge in [-0.2, -0.15) is 5.26 Å². The first-order valence-corrected chi connectivity index (χ1v) is 7.93. The van der Waals surface area contributed by atoms with Crippen molar-refractivity contribution in [3.63, 3.8) is 0 Å². The monoisotopic (exact) mass is 334 g/mol. The molecule has 2 rings (SSSR count). The van der Waals surface area contributed by atoms with Crippen molar-refractivity contribution in [2.45, 2.75) is 5.75 Å². The van der Waals surface area contributed by atoms with E-state index in [0.717, 1.165) is 5.56 Å². The molecule has 0 fully saturated rings. The van der Waals surface area contributed by atoms with Gasteiger partial charge in [-0.1, -0.05) is 23.7 Å². The average molecular weight is 335 g/mol. The van der Waals surface area contributed by atoms with Crippen LogP contribution in [0.15, 0.2) is 42.5 Å². The van der Waals surface area contributed by atoms with Crippen LogP contribution in [0.5, 0.6) is 0 Å². The third kappa shape index (κ3) is 4.76. The van der Waals surface area contributed by atoms with E-state index in [1.54, 1.807) is 30.3 Å². The molecule has 0 unspecified atom stereocenters. The van der Waals surface area contributed by atoms with E-state index < -0.39 is 0 Å². The normalized spacial score (nSPS) is 10.0. The first kappa shape index (κ1) is 16.3. The highest BCUT2D eigenvalue weighted by molar-refractivity contribution is 7.99. The molecule has 0 aromatic heterocycles. The van der Waals surface area contributed by atoms with Crippen molar-refractivity contribution in [2.75, 3.05) is 11.1 Å². The number of hydrogen-bond acceptors (Lipinski definition) is 3. The molecule has 1 amide bonds. The molecular formula is C16H12ClFN2OS. The van der Waals surface area contributed by atoms with Gasteiger partial charge in [-0.25, -0.2) is 4.39 Å². The van der Waals surface area contributed by atoms with Gasteiger partial charge in [-0.05, 0) is 35.9 Å². The SMILES string of the molecule is N#Cc1cccc(NC(=O)CSCc2ccc(F)cc2Cl)c1. The van der Waals surface area contributed by atoms with Gasteiger partial charge < -0.3 is 5.32 Å². The molecule has 0 aliphatic heterocycles. The Labute approximate surface area is 137 Å². The Kier molecular flexibility index (Phi) is 5.82. The van der Waals surface area contributed by atoms with E-state index in [2.05, 4.69) is 5.32 Å². The molecule has 0 aliphatic carbocycles. The van der Waals surface area contributed by atoms with Gasteiger partial charge in [-0.3, -0.25) is 4.79 Å². The number of thioether (sulfide) groups is 1. The summed E-state index contributed by atoms with van der Waals surface area (Å²) in [4.78, 5) is 11.8. The number of benzene rings is 2. The number of rotatable bonds is 5. The Balaban J connectivity index is 1.84. The molecule has 0 atom stereocenters. The number of hydrogen-bond donors (Lipinski definition) is 1. The predicted octanol–water partition coefficient (Wildman–Crippen LogP) is 4.22. The fraction of sp³-hybridized carbons (Fsp3) is 0.125. The number of nitrogens with one attached hydrogen (secondary N) is 1. The van der Waals surface area contributed by atoms with Gasteiger partial charge in [0.15, 0.2) is 0 Å². The minimum absolute atomic E-state index is 0.168. The summed E-state index contributed by atoms with van der Waals surface area (Å²) in [7, 11) is 0. The summed E-state index contributed by atoms with van der Waals surface area (Å²) < 4.78 is 12.9. The molecule has 0 aliphatic rings. The second kappa shape index (κ2) is 7.83. The molecule has 0 heterocycles. The third-order valence-electron chi connectivity index (χ3n) is 2.78. The van der Waals surface area contributed by atoms with Crippen LogP contribution in [0.2, 0.25) is 5.02 Å². The summed E-state index contributed by atoms with van der Waals surface area (Å²) >= 11 is 7.30. The van der Waals surface area contributed by atoms with Gasteiger partial charge in [-0.15, -0.1) is 11.8 Å². The first-order chi connectivity index (χ1) is 10.6. The highest BCUT2D eigenvalue weighted by Crippen LogP contribution is 2.22. The van der Waals surface area contributed by atoms with Crippen LogP contribution < -0.4 is 5.32 Å². The summed E-state index contributed by atoms with van der Waals surface area (Å²) in [6.45, 7) is 0. The second-order valence-electron chi connectivity index (χ2n) is 4.47. The van der Waals surface area contributed by atoms with Gasteiger partial charge in [0.1, 0.15) is 5.82 Å². The van der Waals surface area contributed by atoms with Crippen LogP contribution in [0.4, 0.5) is 10.1 Å². The number of nitriles is 1. The molecule has 3 nitrogen and oxygen atoms in total. The van der Waals surface area contributed by atoms with Gasteiger partial charge in [0.25, 0.3) is 0 Å². The summed E-state index contributed by atoms with van der Waals surface area (Å²) in [5.41, 5.74) is 1.86. The molecule has 0 bridgehead atoms. The fourth-order valence-corrected chi connectivity index (χ4v) is 2.90. The maximum Gasteiger partial charge on any atom is 0.234 e. The molecule has 0 radical (unpaired) electrons. The first-order valence-electron chi connectivity index (χ1n) is 6.40. The van der Waals surface area contributed by atoms with Crippen LogP contribution in [0.3, 0.4) is 0 Å². The van der Waals surface area contributed by atoms with Crippen molar-refractivity contribution >= 4 is 35.0 Å². The van der Waals surface area contributed by atoms with E-state index in [9.17, 15) is 9.18 Å². The van der Waals surface area contributed by atoms with Crippen LogP contribution in [-0.2, 0) is 10.5 Å². The van der Waals surface area contributed by atoms with Crippen molar-refractivity contribution in [1.82, 2.24) is 0 Å². The Bertz CT molecular complexity index is 730. The molecule has 1 N–H and O–H groups in total. The molecular weight excluding hydrogens is 323 g/mol. The zero-order valence-electron chi connectivity index (χ0n) is 11.5. The predicted molar refractivity (Wildman–Crippen MR) is 87.4 cm³/mol. The molecule has 0 spiro atoms. The third-order valence-corrected chi connectivity index (χ3v) is 4.11. The van der Waals surface area contributed by atoms with Crippen molar-refractivity contribution in [2.24, 2.45) is 0 Å². The molecule has 6 heteroatoms. The molecule has 112 valence electrons. The van der Waals surface area contributed by atoms with Gasteiger partial charge in [0, 0.05) is 16.5 Å². The van der Waals surface area contributed by atoms with E-state index in [-0.39, 0.29) is 17.5 Å². The quantitative estimate of drug-likeness (QED) is 0.890. The van der Waals surface area contributed by atoms with E-state index in [0.29, 0.717) is 22.0 Å². The Morgan fingerprint density at radius 3 is 2.86 bits per heavy atom. The van der Waals surface area contributed by atoms with Gasteiger partial charge >= 0.3 is 0 Å². The van der Waals surface area contributed by atoms with E-state index >= 15 is 0 Å². The smallest absolute Gasteiger partial charge is 0.234 e. The maximum atomic E-state index is 12.9. The largest absolute Gasteiger partial charge is 0.325 e. The van der Waals surface area contributed by atoms with Crippen molar-refractivity contribution < 1.29 is 9.18 Å². The Hall–Kier alpha value is -2.03. The fourth-order valence-electron chi connectivity index (χ4n) is 1.76. The lowest BCUT2D eigenvalue weighted by Crippen LogP contribution is -2.14. The number of carbonyl (C=O) groups excluding carboxylic acids is 1. The average Bonchev–Trinajstić information content (AvgIpc) is 2.49. The molecule has 22 heavy (non-hydrogen) atoms. The minimum atomic E-state index is -0.381. The van der Waals surface area contributed by atoms with Crippen LogP contribution in [0.1, 0.15) is 11.1 Å². The number of anilines is 1. The maximum absolute atomic E-state index is 12.9. The standard InChI is InChI=1S/C16H12ClFN2OS/c17-15-7-13(18)5-4-12(15)9-22-10-16(21)20-14-3-1-2-11(6-14)8-19/h1-7H,9-10H2,(H,20,21). The summed E-state index contributed by atoms with van der Waals surface area (Å²) in [6, 6.07) is 12.9. The summed E-state index contributed by atoms with van der Waals surface area (Å²) in [5, 5.41) is 11.9. The molecule has 0 saturated carbocycles. The van der Waals surface area contributed by atoms with Crippen LogP contribution >= 0.6 is 23.4 Å². The molecule has 2 aromatic carbocycles. The number of nitrogens with zero attached hydrogens (tertiary/aromatic N) is 1. The van der Waals surface area contributed by atoms with Crippen molar-refractivity contribution in [3.8, 4) is 6.07 Å². The van der Waals surface area contributed by atoms with E-state index in [1.165, 1.54) is 23.9 Å². The van der Waals surface area contributed by atoms with Crippen molar-refractivity contribution in [3.05, 3.63) is 64.4 Å². The molecule has 0 saturated heterocycles. The van der Waals surface area contributed by atoms with Crippen LogP contribution in [0, 0.1) is 17.1 Å². The van der Waals surface area contributed by atoms with Crippen molar-refractivity contribution in [1.29, 1.82) is 5.26 Å². The lowest BCUT2D eigenvalue weighted by atomic mass is 10.2. The zero-order chi connectivity index (χ0) is 15.9. The zero-order valence-corrected chi connectivity index (χ0v) is 13.0. The molecule has 2 aromatic rings. The number of amides is 1. The highest BCUT2D eigenvalue weighted by atomic mass is 35.5. The second-order valence-corrected chi connectivity index (χ2v) is 5.86. The van der Waals surface area contributed by atoms with Crippen LogP contribution in [0.25, 0.3) is 0 Å². The number of carbonyl (C=O) groups is 1. The summed E-state index contributed by atoms with van der Waals surface area (Å²) in [6.07, 6.45) is 0. The number of halogens is 2. The van der Waals surface area contributed by atoms with Crippen LogP contribution in [-0.4, -0.2) is 11.7 Å².